The van der Waals surface area contributed by atoms with E-state index in [4.69, 9.17) is 14.2 Å². The lowest BCUT2D eigenvalue weighted by Crippen LogP contribution is -2.63. The molecule has 0 aromatic heterocycles. The summed E-state index contributed by atoms with van der Waals surface area (Å²) in [4.78, 5) is 51.6. The van der Waals surface area contributed by atoms with Gasteiger partial charge in [0.05, 0.1) is 31.7 Å². The van der Waals surface area contributed by atoms with Gasteiger partial charge in [0.15, 0.2) is 5.78 Å². The van der Waals surface area contributed by atoms with Gasteiger partial charge in [-0.15, -0.1) is 0 Å². The molecule has 2 aliphatic rings. The highest BCUT2D eigenvalue weighted by atomic mass is 16.5. The molecule has 1 fully saturated rings. The minimum absolute atomic E-state index is 0.000355. The third kappa shape index (κ3) is 3.04. The van der Waals surface area contributed by atoms with Crippen molar-refractivity contribution in [2.24, 2.45) is 22.7 Å². The fourth-order valence-corrected chi connectivity index (χ4v) is 4.16. The van der Waals surface area contributed by atoms with Gasteiger partial charge in [0, 0.05) is 5.41 Å². The summed E-state index contributed by atoms with van der Waals surface area (Å²) < 4.78 is 15.4. The molecule has 26 heavy (non-hydrogen) atoms. The molecule has 0 spiro atoms. The summed E-state index contributed by atoms with van der Waals surface area (Å²) in [6.45, 7) is 6.86. The van der Waals surface area contributed by atoms with Gasteiger partial charge in [-0.05, 0) is 40.5 Å². The number of fused-ring (bicyclic) bond motifs is 2. The normalized spacial score (nSPS) is 32.7. The van der Waals surface area contributed by atoms with E-state index in [1.807, 2.05) is 0 Å². The quantitative estimate of drug-likeness (QED) is 0.306. The first-order valence-corrected chi connectivity index (χ1v) is 9.01. The summed E-state index contributed by atoms with van der Waals surface area (Å²) in [6, 6.07) is 0. The topological polar surface area (TPSA) is 96.0 Å². The average Bonchev–Trinajstić information content (AvgIpc) is 2.57. The number of Topliss-reactive ketones (excluding diaryl/α,β-unsaturated/α-hetero) is 1. The first-order valence-electron chi connectivity index (χ1n) is 9.01. The van der Waals surface area contributed by atoms with Crippen LogP contribution in [-0.4, -0.2) is 43.5 Å². The molecule has 144 valence electrons. The number of hydrogen-bond donors (Lipinski definition) is 0. The summed E-state index contributed by atoms with van der Waals surface area (Å²) in [6.07, 6.45) is 3.51. The maximum absolute atomic E-state index is 13.3. The highest BCUT2D eigenvalue weighted by Crippen LogP contribution is 2.56. The zero-order chi connectivity index (χ0) is 19.5. The minimum Gasteiger partial charge on any atom is -0.466 e. The average molecular weight is 366 g/mol. The first kappa shape index (κ1) is 20.1. The smallest absolute Gasteiger partial charge is 0.320 e. The van der Waals surface area contributed by atoms with Crippen molar-refractivity contribution in [3.8, 4) is 0 Å². The van der Waals surface area contributed by atoms with Crippen molar-refractivity contribution in [1.82, 2.24) is 0 Å². The molecule has 7 heteroatoms. The van der Waals surface area contributed by atoms with E-state index >= 15 is 0 Å². The fraction of sp³-hybridized carbons (Fsp3) is 0.684. The summed E-state index contributed by atoms with van der Waals surface area (Å²) >= 11 is 0. The number of ether oxygens (including phenoxy) is 3. The molecule has 2 rings (SSSR count). The molecule has 0 saturated heterocycles. The van der Waals surface area contributed by atoms with Crippen molar-refractivity contribution in [3.63, 3.8) is 0 Å². The Balaban J connectivity index is 2.64. The van der Waals surface area contributed by atoms with E-state index in [2.05, 4.69) is 0 Å². The SMILES string of the molecule is CCOC(=O)[C@@H]1C[C@@]2(C)C=CC[C@](C(=O)OCC)(C2=O)[C@H]1C(=O)OCC. The summed E-state index contributed by atoms with van der Waals surface area (Å²) in [5, 5.41) is 0. The predicted octanol–water partition coefficient (Wildman–Crippen LogP) is 1.83. The van der Waals surface area contributed by atoms with Crippen molar-refractivity contribution in [1.29, 1.82) is 0 Å². The Hall–Kier alpha value is -2.18. The maximum atomic E-state index is 13.3. The Labute approximate surface area is 153 Å². The third-order valence-corrected chi connectivity index (χ3v) is 5.20. The van der Waals surface area contributed by atoms with Crippen LogP contribution in [0.3, 0.4) is 0 Å². The van der Waals surface area contributed by atoms with Gasteiger partial charge >= 0.3 is 17.9 Å². The van der Waals surface area contributed by atoms with Crippen LogP contribution in [0.4, 0.5) is 0 Å². The number of carbonyl (C=O) groups excluding carboxylic acids is 4. The molecule has 0 unspecified atom stereocenters. The molecule has 2 bridgehead atoms. The van der Waals surface area contributed by atoms with Crippen LogP contribution in [0.1, 0.15) is 40.5 Å². The zero-order valence-corrected chi connectivity index (χ0v) is 15.7. The van der Waals surface area contributed by atoms with Crippen molar-refractivity contribution >= 4 is 23.7 Å². The molecule has 0 aromatic carbocycles. The van der Waals surface area contributed by atoms with E-state index in [0.29, 0.717) is 0 Å². The van der Waals surface area contributed by atoms with E-state index in [9.17, 15) is 19.2 Å². The zero-order valence-electron chi connectivity index (χ0n) is 15.7. The van der Waals surface area contributed by atoms with Crippen LogP contribution in [-0.2, 0) is 33.4 Å². The van der Waals surface area contributed by atoms with Crippen molar-refractivity contribution in [2.75, 3.05) is 19.8 Å². The van der Waals surface area contributed by atoms with Crippen LogP contribution in [0, 0.1) is 22.7 Å². The summed E-state index contributed by atoms with van der Waals surface area (Å²) in [5.74, 6) is -4.74. The van der Waals surface area contributed by atoms with Crippen LogP contribution < -0.4 is 0 Å². The standard InChI is InChI=1S/C19H26O7/c1-5-24-14(20)12-11-18(4)9-8-10-19(16(18)22,17(23)26-7-3)13(12)15(21)25-6-2/h8-9,12-13H,5-7,10-11H2,1-4H3/t12-,13-,18-,19-/m1/s1. The second-order valence-corrected chi connectivity index (χ2v) is 6.84. The highest BCUT2D eigenvalue weighted by Gasteiger charge is 2.68. The number of ketones is 1. The summed E-state index contributed by atoms with van der Waals surface area (Å²) in [7, 11) is 0. The lowest BCUT2D eigenvalue weighted by molar-refractivity contribution is -0.189. The van der Waals surface area contributed by atoms with Crippen LogP contribution in [0.25, 0.3) is 0 Å². The first-order chi connectivity index (χ1) is 12.3. The van der Waals surface area contributed by atoms with Gasteiger partial charge in [-0.2, -0.15) is 0 Å². The Morgan fingerprint density at radius 2 is 1.62 bits per heavy atom. The fourth-order valence-electron chi connectivity index (χ4n) is 4.16. The van der Waals surface area contributed by atoms with Crippen molar-refractivity contribution in [3.05, 3.63) is 12.2 Å². The summed E-state index contributed by atoms with van der Waals surface area (Å²) in [5.41, 5.74) is -2.80. The predicted molar refractivity (Wildman–Crippen MR) is 90.8 cm³/mol. The second-order valence-electron chi connectivity index (χ2n) is 6.84. The number of hydrogen-bond acceptors (Lipinski definition) is 7. The lowest BCUT2D eigenvalue weighted by Gasteiger charge is -2.50. The minimum atomic E-state index is -1.76. The molecule has 0 amide bonds. The molecular weight excluding hydrogens is 340 g/mol. The van der Waals surface area contributed by atoms with E-state index < -0.39 is 46.4 Å². The number of allylic oxidation sites excluding steroid dienone is 2. The monoisotopic (exact) mass is 366 g/mol. The van der Waals surface area contributed by atoms with Crippen LogP contribution in [0.2, 0.25) is 0 Å². The molecule has 0 aromatic rings. The highest BCUT2D eigenvalue weighted by molar-refractivity contribution is 6.13. The van der Waals surface area contributed by atoms with E-state index in [-0.39, 0.29) is 32.7 Å². The van der Waals surface area contributed by atoms with E-state index in [1.165, 1.54) is 0 Å². The van der Waals surface area contributed by atoms with Crippen LogP contribution >= 0.6 is 0 Å². The molecule has 4 atom stereocenters. The Kier molecular flexibility index (Phi) is 5.88. The van der Waals surface area contributed by atoms with Crippen molar-refractivity contribution in [2.45, 2.75) is 40.5 Å². The van der Waals surface area contributed by atoms with Crippen LogP contribution in [0.5, 0.6) is 0 Å². The molecule has 0 aliphatic heterocycles. The number of esters is 3. The molecule has 7 nitrogen and oxygen atoms in total. The lowest BCUT2D eigenvalue weighted by atomic mass is 9.49. The van der Waals surface area contributed by atoms with Gasteiger partial charge in [0.1, 0.15) is 5.41 Å². The molecule has 0 N–H and O–H groups in total. The van der Waals surface area contributed by atoms with Gasteiger partial charge in [-0.1, -0.05) is 12.2 Å². The Morgan fingerprint density at radius 3 is 2.19 bits per heavy atom. The molecule has 0 radical (unpaired) electrons. The maximum Gasteiger partial charge on any atom is 0.320 e. The Bertz CT molecular complexity index is 638. The van der Waals surface area contributed by atoms with Crippen LogP contribution in [0.15, 0.2) is 12.2 Å². The number of carbonyl (C=O) groups is 4. The van der Waals surface area contributed by atoms with Gasteiger partial charge in [0.25, 0.3) is 0 Å². The third-order valence-electron chi connectivity index (χ3n) is 5.20. The van der Waals surface area contributed by atoms with Gasteiger partial charge in [0.2, 0.25) is 0 Å². The van der Waals surface area contributed by atoms with Gasteiger partial charge < -0.3 is 14.2 Å². The second kappa shape index (κ2) is 7.60. The Morgan fingerprint density at radius 1 is 1.04 bits per heavy atom. The van der Waals surface area contributed by atoms with Gasteiger partial charge in [-0.3, -0.25) is 19.2 Å². The number of rotatable bonds is 6. The van der Waals surface area contributed by atoms with Crippen molar-refractivity contribution < 1.29 is 33.4 Å². The molecular formula is C19H26O7. The molecule has 2 aliphatic carbocycles. The molecule has 1 saturated carbocycles. The molecule has 0 heterocycles. The van der Waals surface area contributed by atoms with E-state index in [1.54, 1.807) is 39.8 Å². The van der Waals surface area contributed by atoms with Gasteiger partial charge in [-0.25, -0.2) is 0 Å². The largest absolute Gasteiger partial charge is 0.466 e. The van der Waals surface area contributed by atoms with E-state index in [0.717, 1.165) is 0 Å².